The van der Waals surface area contributed by atoms with Crippen molar-refractivity contribution in [2.75, 3.05) is 7.11 Å². The average Bonchev–Trinajstić information content (AvgIpc) is 3.06. The van der Waals surface area contributed by atoms with Crippen LogP contribution in [0.3, 0.4) is 0 Å². The van der Waals surface area contributed by atoms with Gasteiger partial charge in [-0.15, -0.1) is 5.10 Å². The third kappa shape index (κ3) is 1.96. The molecule has 7 heteroatoms. The average molecular weight is 325 g/mol. The first-order valence-corrected chi connectivity index (χ1v) is 8.48. The Morgan fingerprint density at radius 1 is 1.29 bits per heavy atom. The number of methoxy groups -OCH3 is 1. The van der Waals surface area contributed by atoms with Crippen LogP contribution < -0.4 is 10.1 Å². The summed E-state index contributed by atoms with van der Waals surface area (Å²) >= 11 is 0. The van der Waals surface area contributed by atoms with Gasteiger partial charge in [0.2, 0.25) is 0 Å². The fraction of sp³-hybridized carbons (Fsp3) is 0.529. The van der Waals surface area contributed by atoms with E-state index in [1.807, 2.05) is 0 Å². The third-order valence-corrected chi connectivity index (χ3v) is 6.07. The number of hydrogen-bond donors (Lipinski definition) is 1. The summed E-state index contributed by atoms with van der Waals surface area (Å²) < 4.78 is 6.85. The molecule has 2 bridgehead atoms. The molecule has 2 aromatic rings. The Labute approximate surface area is 139 Å². The number of nitrogens with one attached hydrogen (secondary N) is 1. The van der Waals surface area contributed by atoms with Crippen molar-refractivity contribution in [1.29, 1.82) is 0 Å². The van der Waals surface area contributed by atoms with Crippen LogP contribution in [0.1, 0.15) is 29.6 Å². The van der Waals surface area contributed by atoms with Crippen molar-refractivity contribution in [3.05, 3.63) is 30.1 Å². The maximum Gasteiger partial charge on any atom is 0.251 e. The van der Waals surface area contributed by atoms with Gasteiger partial charge >= 0.3 is 0 Å². The van der Waals surface area contributed by atoms with Gasteiger partial charge < -0.3 is 10.1 Å². The molecule has 124 valence electrons. The summed E-state index contributed by atoms with van der Waals surface area (Å²) in [4.78, 5) is 12.7. The maximum atomic E-state index is 12.7. The quantitative estimate of drug-likeness (QED) is 0.920. The van der Waals surface area contributed by atoms with E-state index in [0.717, 1.165) is 23.7 Å². The van der Waals surface area contributed by atoms with Crippen LogP contribution in [0, 0.1) is 23.7 Å². The Hall–Kier alpha value is -2.44. The van der Waals surface area contributed by atoms with Crippen LogP contribution in [-0.2, 0) is 0 Å². The standard InChI is InChI=1S/C17H19N5O2/c1-24-13-5-4-11(7-12(13)22-8-18-20-21-22)17(23)19-16-14-9-2-3-10(6-9)15(14)16/h4-5,7-10,14-16H,2-3,6H2,1H3,(H,19,23)/t9-,10-,14+,15+/m0/s1. The van der Waals surface area contributed by atoms with Gasteiger partial charge in [-0.3, -0.25) is 4.79 Å². The van der Waals surface area contributed by atoms with Gasteiger partial charge in [-0.25, -0.2) is 0 Å². The Balaban J connectivity index is 1.37. The molecule has 24 heavy (non-hydrogen) atoms. The number of carbonyl (C=O) groups excluding carboxylic acids is 1. The number of nitrogens with zero attached hydrogens (tertiary/aromatic N) is 4. The smallest absolute Gasteiger partial charge is 0.251 e. The SMILES string of the molecule is COc1ccc(C(=O)NC2[C@@H]3[C@H]4CC[C@@H](C4)[C@@H]23)cc1-n1cnnn1. The molecule has 0 aliphatic heterocycles. The largest absolute Gasteiger partial charge is 0.494 e. The van der Waals surface area contributed by atoms with Crippen LogP contribution in [0.15, 0.2) is 24.5 Å². The predicted molar refractivity (Wildman–Crippen MR) is 84.8 cm³/mol. The summed E-state index contributed by atoms with van der Waals surface area (Å²) in [5, 5.41) is 14.4. The summed E-state index contributed by atoms with van der Waals surface area (Å²) in [5.41, 5.74) is 1.27. The van der Waals surface area contributed by atoms with E-state index in [1.165, 1.54) is 30.3 Å². The topological polar surface area (TPSA) is 81.9 Å². The van der Waals surface area contributed by atoms with Gasteiger partial charge in [-0.2, -0.15) is 4.68 Å². The molecule has 0 unspecified atom stereocenters. The van der Waals surface area contributed by atoms with E-state index >= 15 is 0 Å². The maximum absolute atomic E-state index is 12.7. The Morgan fingerprint density at radius 2 is 2.08 bits per heavy atom. The fourth-order valence-electron chi connectivity index (χ4n) is 5.04. The van der Waals surface area contributed by atoms with Gasteiger partial charge in [-0.1, -0.05) is 0 Å². The van der Waals surface area contributed by atoms with E-state index < -0.39 is 0 Å². The molecule has 1 amide bonds. The van der Waals surface area contributed by atoms with Crippen LogP contribution >= 0.6 is 0 Å². The van der Waals surface area contributed by atoms with Crippen LogP contribution in [0.25, 0.3) is 5.69 Å². The number of fused-ring (bicyclic) bond motifs is 5. The van der Waals surface area contributed by atoms with Crippen LogP contribution in [0.5, 0.6) is 5.75 Å². The van der Waals surface area contributed by atoms with Gasteiger partial charge in [0.25, 0.3) is 5.91 Å². The molecule has 3 saturated carbocycles. The van der Waals surface area contributed by atoms with Gasteiger partial charge in [0.05, 0.1) is 7.11 Å². The highest BCUT2D eigenvalue weighted by molar-refractivity contribution is 5.95. The van der Waals surface area contributed by atoms with E-state index in [2.05, 4.69) is 20.8 Å². The molecule has 4 atom stereocenters. The first-order valence-electron chi connectivity index (χ1n) is 8.48. The highest BCUT2D eigenvalue weighted by Gasteiger charge is 2.65. The lowest BCUT2D eigenvalue weighted by Crippen LogP contribution is -2.30. The molecule has 1 heterocycles. The second-order valence-corrected chi connectivity index (χ2v) is 7.13. The predicted octanol–water partition coefficient (Wildman–Crippen LogP) is 1.45. The Bertz CT molecular complexity index is 774. The van der Waals surface area contributed by atoms with E-state index in [0.29, 0.717) is 23.0 Å². The molecular weight excluding hydrogens is 306 g/mol. The highest BCUT2D eigenvalue weighted by atomic mass is 16.5. The molecular formula is C17H19N5O2. The normalized spacial score (nSPS) is 32.5. The molecule has 5 rings (SSSR count). The zero-order chi connectivity index (χ0) is 16.3. The number of rotatable bonds is 4. The molecule has 3 aliphatic rings. The van der Waals surface area contributed by atoms with Crippen LogP contribution in [-0.4, -0.2) is 39.3 Å². The summed E-state index contributed by atoms with van der Waals surface area (Å²) in [6.07, 6.45) is 5.57. The molecule has 1 aromatic heterocycles. The lowest BCUT2D eigenvalue weighted by molar-refractivity contribution is 0.0944. The van der Waals surface area contributed by atoms with E-state index in [9.17, 15) is 4.79 Å². The number of ether oxygens (including phenoxy) is 1. The monoisotopic (exact) mass is 325 g/mol. The molecule has 1 aromatic carbocycles. The van der Waals surface area contributed by atoms with Crippen molar-refractivity contribution in [1.82, 2.24) is 25.5 Å². The Kier molecular flexibility index (Phi) is 2.92. The first kappa shape index (κ1) is 13.9. The molecule has 3 fully saturated rings. The molecule has 0 saturated heterocycles. The van der Waals surface area contributed by atoms with E-state index in [1.54, 1.807) is 25.3 Å². The second-order valence-electron chi connectivity index (χ2n) is 7.13. The number of carbonyl (C=O) groups is 1. The molecule has 3 aliphatic carbocycles. The van der Waals surface area contributed by atoms with Crippen molar-refractivity contribution in [3.63, 3.8) is 0 Å². The number of tetrazole rings is 1. The minimum atomic E-state index is -0.0224. The minimum absolute atomic E-state index is 0.0224. The molecule has 0 spiro atoms. The fourth-order valence-corrected chi connectivity index (χ4v) is 5.04. The van der Waals surface area contributed by atoms with Crippen LogP contribution in [0.4, 0.5) is 0 Å². The first-order chi connectivity index (χ1) is 11.8. The Morgan fingerprint density at radius 3 is 2.75 bits per heavy atom. The third-order valence-electron chi connectivity index (χ3n) is 6.07. The molecule has 0 radical (unpaired) electrons. The zero-order valence-corrected chi connectivity index (χ0v) is 13.4. The molecule has 1 N–H and O–H groups in total. The summed E-state index contributed by atoms with van der Waals surface area (Å²) in [7, 11) is 1.59. The van der Waals surface area contributed by atoms with Gasteiger partial charge in [0.15, 0.2) is 0 Å². The summed E-state index contributed by atoms with van der Waals surface area (Å²) in [5.74, 6) is 3.75. The summed E-state index contributed by atoms with van der Waals surface area (Å²) in [6.45, 7) is 0. The van der Waals surface area contributed by atoms with Crippen molar-refractivity contribution < 1.29 is 9.53 Å². The number of aromatic nitrogens is 4. The van der Waals surface area contributed by atoms with Gasteiger partial charge in [0.1, 0.15) is 17.8 Å². The van der Waals surface area contributed by atoms with Crippen molar-refractivity contribution >= 4 is 5.91 Å². The highest BCUT2D eigenvalue weighted by Crippen LogP contribution is 2.65. The van der Waals surface area contributed by atoms with Crippen molar-refractivity contribution in [2.45, 2.75) is 25.3 Å². The summed E-state index contributed by atoms with van der Waals surface area (Å²) in [6, 6.07) is 5.72. The zero-order valence-electron chi connectivity index (χ0n) is 13.4. The lowest BCUT2D eigenvalue weighted by atomic mass is 10.0. The van der Waals surface area contributed by atoms with Crippen molar-refractivity contribution in [2.24, 2.45) is 23.7 Å². The van der Waals surface area contributed by atoms with E-state index in [-0.39, 0.29) is 5.91 Å². The van der Waals surface area contributed by atoms with Gasteiger partial charge in [0, 0.05) is 11.6 Å². The van der Waals surface area contributed by atoms with E-state index in [4.69, 9.17) is 4.74 Å². The second kappa shape index (κ2) is 5.03. The lowest BCUT2D eigenvalue weighted by Gasteiger charge is -2.12. The van der Waals surface area contributed by atoms with Crippen molar-refractivity contribution in [3.8, 4) is 11.4 Å². The van der Waals surface area contributed by atoms with Crippen LogP contribution in [0.2, 0.25) is 0 Å². The number of hydrogen-bond acceptors (Lipinski definition) is 5. The minimum Gasteiger partial charge on any atom is -0.494 e. The number of benzene rings is 1. The number of amides is 1. The molecule has 7 nitrogen and oxygen atoms in total. The van der Waals surface area contributed by atoms with Gasteiger partial charge in [-0.05, 0) is 71.6 Å².